The van der Waals surface area contributed by atoms with Crippen molar-refractivity contribution in [1.82, 2.24) is 14.7 Å². The topological polar surface area (TPSA) is 84.3 Å². The molecule has 32 heavy (non-hydrogen) atoms. The first-order valence-electron chi connectivity index (χ1n) is 11.2. The van der Waals surface area contributed by atoms with Crippen LogP contribution >= 0.6 is 0 Å². The van der Waals surface area contributed by atoms with E-state index in [0.29, 0.717) is 18.7 Å². The van der Waals surface area contributed by atoms with Gasteiger partial charge in [-0.25, -0.2) is 0 Å². The van der Waals surface area contributed by atoms with Crippen LogP contribution in [0.2, 0.25) is 0 Å². The van der Waals surface area contributed by atoms with Crippen molar-refractivity contribution in [2.45, 2.75) is 46.3 Å². The van der Waals surface area contributed by atoms with Gasteiger partial charge in [0.15, 0.2) is 0 Å². The quantitative estimate of drug-likeness (QED) is 0.768. The number of rotatable bonds is 4. The van der Waals surface area contributed by atoms with Crippen LogP contribution < -0.4 is 0 Å². The fraction of sp³-hybridized carbons (Fsp3) is 0.440. The maximum atomic E-state index is 13.2. The molecule has 2 amide bonds. The zero-order valence-corrected chi connectivity index (χ0v) is 19.0. The zero-order chi connectivity index (χ0) is 23.0. The van der Waals surface area contributed by atoms with Gasteiger partial charge in [0.25, 0.3) is 5.91 Å². The van der Waals surface area contributed by atoms with Crippen LogP contribution in [0.25, 0.3) is 0 Å². The third-order valence-corrected chi connectivity index (χ3v) is 6.50. The van der Waals surface area contributed by atoms with Crippen LogP contribution in [0.1, 0.15) is 59.3 Å². The number of hydrogen-bond donors (Lipinski definition) is 2. The van der Waals surface area contributed by atoms with Gasteiger partial charge in [-0.3, -0.25) is 14.5 Å². The SMILES string of the molecule is CC(=O)N1CCN(Cc2ccc3c(c2)CN(C(=O)c2cc(C(C)C)c(O)cc2O)C3)CC1. The molecule has 0 bridgehead atoms. The van der Waals surface area contributed by atoms with Crippen LogP contribution in [0.3, 0.4) is 0 Å². The molecule has 2 N–H and O–H groups in total. The highest BCUT2D eigenvalue weighted by atomic mass is 16.3. The molecule has 7 heteroatoms. The first-order chi connectivity index (χ1) is 15.2. The maximum Gasteiger partial charge on any atom is 0.258 e. The Balaban J connectivity index is 1.44. The van der Waals surface area contributed by atoms with Crippen LogP contribution in [0.5, 0.6) is 11.5 Å². The molecule has 0 unspecified atom stereocenters. The van der Waals surface area contributed by atoms with Gasteiger partial charge in [0.05, 0.1) is 5.56 Å². The Kier molecular flexibility index (Phi) is 6.11. The van der Waals surface area contributed by atoms with E-state index in [1.54, 1.807) is 17.9 Å². The summed E-state index contributed by atoms with van der Waals surface area (Å²) in [6, 6.07) is 9.22. The zero-order valence-electron chi connectivity index (χ0n) is 19.0. The smallest absolute Gasteiger partial charge is 0.258 e. The second-order valence-electron chi connectivity index (χ2n) is 9.13. The average Bonchev–Trinajstić information content (AvgIpc) is 3.17. The summed E-state index contributed by atoms with van der Waals surface area (Å²) in [7, 11) is 0. The van der Waals surface area contributed by atoms with Crippen molar-refractivity contribution in [3.63, 3.8) is 0 Å². The number of hydrogen-bond acceptors (Lipinski definition) is 5. The van der Waals surface area contributed by atoms with E-state index in [4.69, 9.17) is 0 Å². The number of aromatic hydroxyl groups is 2. The Labute approximate surface area is 188 Å². The first kappa shape index (κ1) is 22.1. The first-order valence-corrected chi connectivity index (χ1v) is 11.2. The average molecular weight is 438 g/mol. The lowest BCUT2D eigenvalue weighted by atomic mass is 9.98. The molecule has 1 fully saturated rings. The number of piperazine rings is 1. The molecule has 0 atom stereocenters. The van der Waals surface area contributed by atoms with Crippen molar-refractivity contribution < 1.29 is 19.8 Å². The summed E-state index contributed by atoms with van der Waals surface area (Å²) in [4.78, 5) is 30.6. The van der Waals surface area contributed by atoms with Gasteiger partial charge in [-0.15, -0.1) is 0 Å². The third kappa shape index (κ3) is 4.43. The van der Waals surface area contributed by atoms with E-state index < -0.39 is 0 Å². The number of phenols is 2. The molecule has 2 aromatic rings. The lowest BCUT2D eigenvalue weighted by Crippen LogP contribution is -2.47. The minimum Gasteiger partial charge on any atom is -0.508 e. The lowest BCUT2D eigenvalue weighted by molar-refractivity contribution is -0.130. The third-order valence-electron chi connectivity index (χ3n) is 6.50. The molecule has 7 nitrogen and oxygen atoms in total. The molecule has 2 aromatic carbocycles. The Morgan fingerprint density at radius 3 is 2.25 bits per heavy atom. The highest BCUT2D eigenvalue weighted by molar-refractivity contribution is 5.97. The fourth-order valence-corrected chi connectivity index (χ4v) is 4.57. The number of amides is 2. The maximum absolute atomic E-state index is 13.2. The molecule has 2 aliphatic heterocycles. The summed E-state index contributed by atoms with van der Waals surface area (Å²) in [6.45, 7) is 10.6. The number of fused-ring (bicyclic) bond motifs is 1. The van der Waals surface area contributed by atoms with Gasteiger partial charge in [-0.05, 0) is 34.2 Å². The van der Waals surface area contributed by atoms with Gasteiger partial charge in [-0.2, -0.15) is 0 Å². The standard InChI is InChI=1S/C25H31N3O4/c1-16(2)21-11-22(24(31)12-23(21)30)25(32)28-14-19-5-4-18(10-20(19)15-28)13-26-6-8-27(9-7-26)17(3)29/h4-5,10-12,16,30-31H,6-9,13-15H2,1-3H3. The summed E-state index contributed by atoms with van der Waals surface area (Å²) in [6.07, 6.45) is 0. The summed E-state index contributed by atoms with van der Waals surface area (Å²) >= 11 is 0. The highest BCUT2D eigenvalue weighted by Gasteiger charge is 2.28. The number of carbonyl (C=O) groups is 2. The van der Waals surface area contributed by atoms with Crippen molar-refractivity contribution in [3.05, 3.63) is 58.1 Å². The number of carbonyl (C=O) groups excluding carboxylic acids is 2. The molecule has 0 aliphatic carbocycles. The van der Waals surface area contributed by atoms with Crippen LogP contribution in [0.4, 0.5) is 0 Å². The largest absolute Gasteiger partial charge is 0.508 e. The predicted molar refractivity (Wildman–Crippen MR) is 121 cm³/mol. The van der Waals surface area contributed by atoms with Crippen LogP contribution in [-0.4, -0.2) is 62.9 Å². The monoisotopic (exact) mass is 437 g/mol. The molecule has 0 spiro atoms. The molecule has 170 valence electrons. The van der Waals surface area contributed by atoms with Crippen molar-refractivity contribution in [3.8, 4) is 11.5 Å². The van der Waals surface area contributed by atoms with E-state index in [2.05, 4.69) is 23.1 Å². The van der Waals surface area contributed by atoms with Gasteiger partial charge in [0.1, 0.15) is 11.5 Å². The van der Waals surface area contributed by atoms with E-state index in [9.17, 15) is 19.8 Å². The summed E-state index contributed by atoms with van der Waals surface area (Å²) in [5.74, 6) is -0.252. The number of nitrogens with zero attached hydrogens (tertiary/aromatic N) is 3. The second-order valence-corrected chi connectivity index (χ2v) is 9.13. The van der Waals surface area contributed by atoms with Crippen LogP contribution in [0, 0.1) is 0 Å². The van der Waals surface area contributed by atoms with Crippen molar-refractivity contribution >= 4 is 11.8 Å². The number of phenolic OH excluding ortho intramolecular Hbond substituents is 2. The molecular weight excluding hydrogens is 406 g/mol. The van der Waals surface area contributed by atoms with Gasteiger partial charge < -0.3 is 20.0 Å². The van der Waals surface area contributed by atoms with Crippen molar-refractivity contribution in [1.29, 1.82) is 0 Å². The lowest BCUT2D eigenvalue weighted by Gasteiger charge is -2.34. The van der Waals surface area contributed by atoms with Gasteiger partial charge in [0.2, 0.25) is 5.91 Å². The molecule has 4 rings (SSSR count). The van der Waals surface area contributed by atoms with Crippen molar-refractivity contribution in [2.24, 2.45) is 0 Å². The van der Waals surface area contributed by atoms with Gasteiger partial charge >= 0.3 is 0 Å². The van der Waals surface area contributed by atoms with E-state index in [1.165, 1.54) is 11.6 Å². The summed E-state index contributed by atoms with van der Waals surface area (Å²) in [5.41, 5.74) is 4.31. The minimum absolute atomic E-state index is 0.00698. The molecule has 0 aromatic heterocycles. The van der Waals surface area contributed by atoms with E-state index in [0.717, 1.165) is 43.9 Å². The molecule has 1 saturated heterocycles. The summed E-state index contributed by atoms with van der Waals surface area (Å²) in [5, 5.41) is 20.4. The molecule has 2 aliphatic rings. The Hall–Kier alpha value is -3.06. The predicted octanol–water partition coefficient (Wildman–Crippen LogP) is 3.04. The summed E-state index contributed by atoms with van der Waals surface area (Å²) < 4.78 is 0. The van der Waals surface area contributed by atoms with E-state index in [1.807, 2.05) is 18.7 Å². The minimum atomic E-state index is -0.234. The van der Waals surface area contributed by atoms with Crippen LogP contribution in [-0.2, 0) is 24.4 Å². The van der Waals surface area contributed by atoms with E-state index >= 15 is 0 Å². The number of benzene rings is 2. The van der Waals surface area contributed by atoms with Gasteiger partial charge in [-0.1, -0.05) is 32.0 Å². The highest BCUT2D eigenvalue weighted by Crippen LogP contribution is 2.34. The second kappa shape index (κ2) is 8.82. The van der Waals surface area contributed by atoms with Gasteiger partial charge in [0, 0.05) is 58.8 Å². The van der Waals surface area contributed by atoms with Crippen LogP contribution in [0.15, 0.2) is 30.3 Å². The Morgan fingerprint density at radius 1 is 0.906 bits per heavy atom. The Bertz CT molecular complexity index is 1040. The normalized spacial score (nSPS) is 16.5. The molecule has 2 heterocycles. The Morgan fingerprint density at radius 2 is 1.59 bits per heavy atom. The molecular formula is C25H31N3O4. The van der Waals surface area contributed by atoms with Crippen molar-refractivity contribution in [2.75, 3.05) is 26.2 Å². The molecule has 0 radical (unpaired) electrons. The van der Waals surface area contributed by atoms with E-state index in [-0.39, 0.29) is 34.8 Å². The fourth-order valence-electron chi connectivity index (χ4n) is 4.57. The molecule has 0 saturated carbocycles.